The Morgan fingerprint density at radius 1 is 1.20 bits per heavy atom. The smallest absolute Gasteiger partial charge is 0.411 e. The van der Waals surface area contributed by atoms with Gasteiger partial charge < -0.3 is 18.9 Å². The van der Waals surface area contributed by atoms with Crippen molar-refractivity contribution in [2.24, 2.45) is 0 Å². The fourth-order valence-electron chi connectivity index (χ4n) is 5.44. The maximum Gasteiger partial charge on any atom is 0.411 e. The molecule has 5 rings (SSSR count). The highest BCUT2D eigenvalue weighted by Crippen LogP contribution is 2.49. The lowest BCUT2D eigenvalue weighted by atomic mass is 9.79. The summed E-state index contributed by atoms with van der Waals surface area (Å²) in [5.41, 5.74) is 1.70. The molecule has 8 nitrogen and oxygen atoms in total. The van der Waals surface area contributed by atoms with Crippen LogP contribution in [0.15, 0.2) is 18.2 Å². The van der Waals surface area contributed by atoms with Crippen LogP contribution in [-0.2, 0) is 20.7 Å². The first-order chi connectivity index (χ1) is 16.6. The molecule has 3 heterocycles. The Hall–Kier alpha value is -3.03. The van der Waals surface area contributed by atoms with E-state index in [9.17, 15) is 9.59 Å². The van der Waals surface area contributed by atoms with Gasteiger partial charge in [-0.1, -0.05) is 6.42 Å². The Kier molecular flexibility index (Phi) is 5.80. The summed E-state index contributed by atoms with van der Waals surface area (Å²) in [6, 6.07) is 5.21. The largest absolute Gasteiger partial charge is 0.497 e. The number of rotatable bonds is 3. The summed E-state index contributed by atoms with van der Waals surface area (Å²) in [4.78, 5) is 32.3. The molecule has 1 saturated carbocycles. The molecule has 1 saturated heterocycles. The van der Waals surface area contributed by atoms with E-state index in [-0.39, 0.29) is 6.54 Å². The molecule has 0 unspecified atom stereocenters. The van der Waals surface area contributed by atoms with E-state index in [1.54, 1.807) is 7.11 Å². The molecule has 2 fully saturated rings. The number of hydrogen-bond acceptors (Lipinski definition) is 7. The van der Waals surface area contributed by atoms with Gasteiger partial charge in [-0.25, -0.2) is 14.6 Å². The summed E-state index contributed by atoms with van der Waals surface area (Å²) >= 11 is 0. The highest BCUT2D eigenvalue weighted by atomic mass is 16.6. The number of aryl methyl sites for hydroxylation is 1. The van der Waals surface area contributed by atoms with E-state index < -0.39 is 29.3 Å². The standard InChI is InChI=1S/C27H34N2O6/c1-26(2,3)35-25(31)29-15-27(14-21(29)24(30)33-5)12-11-18-19-13-17(32-4)9-10-20(19)28-22(23(18)34-27)16-7-6-8-16/h9-10,13,16,21H,6-8,11-12,14-15H2,1-5H3/t21-,27-/m0/s1. The van der Waals surface area contributed by atoms with Crippen LogP contribution in [0.25, 0.3) is 10.9 Å². The second-order valence-corrected chi connectivity index (χ2v) is 11.0. The molecule has 35 heavy (non-hydrogen) atoms. The number of esters is 1. The third kappa shape index (κ3) is 4.28. The van der Waals surface area contributed by atoms with Gasteiger partial charge in [-0.3, -0.25) is 4.90 Å². The molecule has 8 heteroatoms. The lowest BCUT2D eigenvalue weighted by Gasteiger charge is -2.38. The Balaban J connectivity index is 1.54. The summed E-state index contributed by atoms with van der Waals surface area (Å²) in [5.74, 6) is 1.50. The molecule has 2 aliphatic heterocycles. The summed E-state index contributed by atoms with van der Waals surface area (Å²) in [5, 5.41) is 1.03. The highest BCUT2D eigenvalue weighted by molar-refractivity contribution is 5.87. The van der Waals surface area contributed by atoms with Crippen molar-refractivity contribution in [1.29, 1.82) is 0 Å². The molecule has 1 aromatic carbocycles. The van der Waals surface area contributed by atoms with Crippen LogP contribution >= 0.6 is 0 Å². The lowest BCUT2D eigenvalue weighted by Crippen LogP contribution is -2.46. The Morgan fingerprint density at radius 2 is 1.97 bits per heavy atom. The van der Waals surface area contributed by atoms with Gasteiger partial charge in [0.25, 0.3) is 0 Å². The number of pyridine rings is 1. The van der Waals surface area contributed by atoms with Crippen molar-refractivity contribution in [3.05, 3.63) is 29.5 Å². The summed E-state index contributed by atoms with van der Waals surface area (Å²) < 4.78 is 23.0. The van der Waals surface area contributed by atoms with E-state index in [1.165, 1.54) is 18.4 Å². The van der Waals surface area contributed by atoms with Gasteiger partial charge in [0.05, 0.1) is 32.0 Å². The van der Waals surface area contributed by atoms with Gasteiger partial charge in [0.2, 0.25) is 0 Å². The molecule has 2 atom stereocenters. The number of carbonyl (C=O) groups excluding carboxylic acids is 2. The number of benzene rings is 1. The Morgan fingerprint density at radius 3 is 2.60 bits per heavy atom. The number of amides is 1. The van der Waals surface area contributed by atoms with E-state index in [2.05, 4.69) is 0 Å². The number of aromatic nitrogens is 1. The van der Waals surface area contributed by atoms with Gasteiger partial charge in [0.1, 0.15) is 28.7 Å². The molecule has 1 spiro atoms. The van der Waals surface area contributed by atoms with Crippen LogP contribution in [0.1, 0.15) is 70.1 Å². The van der Waals surface area contributed by atoms with E-state index in [0.717, 1.165) is 52.9 Å². The average Bonchev–Trinajstić information content (AvgIpc) is 3.15. The number of likely N-dealkylation sites (tertiary alicyclic amines) is 1. The fraction of sp³-hybridized carbons (Fsp3) is 0.593. The van der Waals surface area contributed by atoms with Crippen molar-refractivity contribution in [3.8, 4) is 11.5 Å². The fourth-order valence-corrected chi connectivity index (χ4v) is 5.44. The first-order valence-corrected chi connectivity index (χ1v) is 12.4. The average molecular weight is 483 g/mol. The number of fused-ring (bicyclic) bond motifs is 3. The monoisotopic (exact) mass is 482 g/mol. The van der Waals surface area contributed by atoms with Crippen molar-refractivity contribution in [2.45, 2.75) is 82.5 Å². The van der Waals surface area contributed by atoms with Gasteiger partial charge in [0, 0.05) is 23.3 Å². The second-order valence-electron chi connectivity index (χ2n) is 11.0. The van der Waals surface area contributed by atoms with Crippen LogP contribution in [0.5, 0.6) is 11.5 Å². The molecule has 0 N–H and O–H groups in total. The van der Waals surface area contributed by atoms with Crippen molar-refractivity contribution in [3.63, 3.8) is 0 Å². The Labute approximate surface area is 205 Å². The SMILES string of the molecule is COC(=O)[C@@H]1C[C@@]2(CCc3c(c(C4CCC4)nc4ccc(OC)cc34)O2)CN1C(=O)OC(C)(C)C. The minimum Gasteiger partial charge on any atom is -0.497 e. The normalized spacial score (nSPS) is 24.0. The van der Waals surface area contributed by atoms with Crippen LogP contribution in [0.2, 0.25) is 0 Å². The minimum atomic E-state index is -0.753. The van der Waals surface area contributed by atoms with Crippen LogP contribution in [0, 0.1) is 0 Å². The number of carbonyl (C=O) groups is 2. The third-order valence-electron chi connectivity index (χ3n) is 7.42. The summed E-state index contributed by atoms with van der Waals surface area (Å²) in [7, 11) is 3.00. The molecular formula is C27H34N2O6. The molecule has 0 bridgehead atoms. The van der Waals surface area contributed by atoms with E-state index in [4.69, 9.17) is 23.9 Å². The van der Waals surface area contributed by atoms with Gasteiger partial charge in [0.15, 0.2) is 0 Å². The van der Waals surface area contributed by atoms with Crippen molar-refractivity contribution < 1.29 is 28.5 Å². The number of hydrogen-bond donors (Lipinski definition) is 0. The van der Waals surface area contributed by atoms with E-state index >= 15 is 0 Å². The zero-order valence-electron chi connectivity index (χ0n) is 21.2. The minimum absolute atomic E-state index is 0.265. The number of nitrogens with zero attached hydrogens (tertiary/aromatic N) is 2. The lowest BCUT2D eigenvalue weighted by molar-refractivity contribution is -0.145. The molecule has 188 valence electrons. The van der Waals surface area contributed by atoms with Gasteiger partial charge in [-0.05, 0) is 64.7 Å². The molecule has 3 aliphatic rings. The summed E-state index contributed by atoms with van der Waals surface area (Å²) in [6.45, 7) is 5.70. The Bertz CT molecular complexity index is 1170. The van der Waals surface area contributed by atoms with Crippen LogP contribution in [-0.4, -0.2) is 60.0 Å². The van der Waals surface area contributed by atoms with E-state index in [1.807, 2.05) is 39.0 Å². The third-order valence-corrected chi connectivity index (χ3v) is 7.42. The molecular weight excluding hydrogens is 448 g/mol. The molecule has 0 radical (unpaired) electrons. The number of ether oxygens (including phenoxy) is 4. The predicted octanol–water partition coefficient (Wildman–Crippen LogP) is 4.76. The van der Waals surface area contributed by atoms with Crippen LogP contribution < -0.4 is 9.47 Å². The topological polar surface area (TPSA) is 87.2 Å². The second kappa shape index (κ2) is 8.57. The van der Waals surface area contributed by atoms with Crippen molar-refractivity contribution in [1.82, 2.24) is 9.88 Å². The van der Waals surface area contributed by atoms with Gasteiger partial charge >= 0.3 is 12.1 Å². The highest BCUT2D eigenvalue weighted by Gasteiger charge is 2.54. The van der Waals surface area contributed by atoms with Crippen LogP contribution in [0.4, 0.5) is 4.79 Å². The van der Waals surface area contributed by atoms with E-state index in [0.29, 0.717) is 18.8 Å². The van der Waals surface area contributed by atoms with Crippen LogP contribution in [0.3, 0.4) is 0 Å². The molecule has 1 amide bonds. The quantitative estimate of drug-likeness (QED) is 0.583. The predicted molar refractivity (Wildman–Crippen MR) is 130 cm³/mol. The molecule has 1 aromatic heterocycles. The zero-order chi connectivity index (χ0) is 25.0. The maximum absolute atomic E-state index is 13.1. The first-order valence-electron chi connectivity index (χ1n) is 12.4. The molecule has 1 aliphatic carbocycles. The first kappa shape index (κ1) is 23.7. The molecule has 2 aromatic rings. The number of methoxy groups -OCH3 is 2. The maximum atomic E-state index is 13.1. The van der Waals surface area contributed by atoms with Crippen molar-refractivity contribution in [2.75, 3.05) is 20.8 Å². The van der Waals surface area contributed by atoms with Gasteiger partial charge in [-0.2, -0.15) is 0 Å². The summed E-state index contributed by atoms with van der Waals surface area (Å²) in [6.07, 6.45) is 4.63. The zero-order valence-corrected chi connectivity index (χ0v) is 21.2. The van der Waals surface area contributed by atoms with Gasteiger partial charge in [-0.15, -0.1) is 0 Å². The van der Waals surface area contributed by atoms with Crippen molar-refractivity contribution >= 4 is 23.0 Å².